The number of anilines is 1. The van der Waals surface area contributed by atoms with Crippen LogP contribution in [0.15, 0.2) is 51.5 Å². The number of rotatable bonds is 6. The zero-order valence-corrected chi connectivity index (χ0v) is 25.6. The molecule has 12 nitrogen and oxygen atoms in total. The first-order chi connectivity index (χ1) is 22.0. The van der Waals surface area contributed by atoms with Crippen molar-refractivity contribution in [2.24, 2.45) is 11.8 Å². The summed E-state index contributed by atoms with van der Waals surface area (Å²) >= 11 is 0. The van der Waals surface area contributed by atoms with Crippen molar-refractivity contribution in [3.63, 3.8) is 0 Å². The zero-order chi connectivity index (χ0) is 32.5. The lowest BCUT2D eigenvalue weighted by molar-refractivity contribution is -0.135. The van der Waals surface area contributed by atoms with Crippen LogP contribution in [0.4, 0.5) is 10.1 Å². The molecule has 240 valence electrons. The van der Waals surface area contributed by atoms with Gasteiger partial charge in [-0.1, -0.05) is 39.8 Å². The van der Waals surface area contributed by atoms with Gasteiger partial charge in [0.25, 0.3) is 0 Å². The summed E-state index contributed by atoms with van der Waals surface area (Å²) in [7, 11) is 0. The topological polar surface area (TPSA) is 172 Å². The van der Waals surface area contributed by atoms with Gasteiger partial charge in [-0.3, -0.25) is 9.59 Å². The predicted octanol–water partition coefficient (Wildman–Crippen LogP) is 3.31. The number of hydrogen-bond donors (Lipinski definition) is 5. The number of aromatic nitrogens is 2. The fourth-order valence-electron chi connectivity index (χ4n) is 6.51. The minimum atomic E-state index is -1.31. The summed E-state index contributed by atoms with van der Waals surface area (Å²) in [6, 6.07) is 7.99. The molecule has 3 aliphatic heterocycles. The normalized spacial score (nSPS) is 23.5. The molecule has 0 radical (unpaired) electrons. The number of hydrogen-bond acceptors (Lipinski definition) is 10. The summed E-state index contributed by atoms with van der Waals surface area (Å²) in [5.74, 6) is -1.29. The maximum Gasteiger partial charge on any atom is 0.249 e. The number of fused-ring (bicyclic) bond motifs is 4. The number of carbonyl (C=O) groups excluding carboxylic acids is 2. The zero-order valence-electron chi connectivity index (χ0n) is 25.6. The number of halogens is 1. The molecule has 2 aromatic heterocycles. The van der Waals surface area contributed by atoms with Gasteiger partial charge in [0.1, 0.15) is 47.1 Å². The molecule has 0 fully saturated rings. The lowest BCUT2D eigenvalue weighted by Gasteiger charge is -2.29. The average Bonchev–Trinajstić information content (AvgIpc) is 3.79. The molecule has 0 saturated heterocycles. The van der Waals surface area contributed by atoms with E-state index in [0.717, 1.165) is 0 Å². The molecule has 1 unspecified atom stereocenters. The predicted molar refractivity (Wildman–Crippen MR) is 161 cm³/mol. The maximum absolute atomic E-state index is 15.1. The minimum Gasteiger partial charge on any atom is -0.469 e. The number of oxazole rings is 2. The molecule has 0 saturated carbocycles. The first-order valence-corrected chi connectivity index (χ1v) is 15.2. The number of aliphatic hydroxyl groups excluding tert-OH is 2. The fraction of sp³-hybridized carbons (Fsp3) is 0.394. The van der Waals surface area contributed by atoms with Crippen LogP contribution in [0.3, 0.4) is 0 Å². The molecule has 1 spiro atoms. The SMILES string of the molecule is CC(C)[C@H](O)C(=O)N[C@H]1Cc2ccc3c(c2)C2(c4cc(F)ccc4N[C@@H]2O3)c2oc(nc2-c2nc(CO)co2)[C@H](C(C)C)NC1=O. The van der Waals surface area contributed by atoms with Crippen LogP contribution in [-0.4, -0.2) is 50.4 Å². The van der Waals surface area contributed by atoms with Crippen LogP contribution >= 0.6 is 0 Å². The molecule has 3 aliphatic rings. The number of ether oxygens (including phenoxy) is 1. The van der Waals surface area contributed by atoms with E-state index in [1.807, 2.05) is 19.9 Å². The Morgan fingerprint density at radius 2 is 1.93 bits per heavy atom. The van der Waals surface area contributed by atoms with Crippen molar-refractivity contribution in [1.29, 1.82) is 0 Å². The van der Waals surface area contributed by atoms with E-state index >= 15 is 4.39 Å². The third-order valence-corrected chi connectivity index (χ3v) is 8.92. The van der Waals surface area contributed by atoms with Crippen molar-refractivity contribution < 1.29 is 37.8 Å². The Kier molecular flexibility index (Phi) is 7.13. The van der Waals surface area contributed by atoms with E-state index in [4.69, 9.17) is 18.6 Å². The number of amides is 2. The molecular weight excluding hydrogens is 597 g/mol. The van der Waals surface area contributed by atoms with Gasteiger partial charge in [0.05, 0.1) is 6.61 Å². The van der Waals surface area contributed by atoms with E-state index in [-0.39, 0.29) is 53.8 Å². The van der Waals surface area contributed by atoms with Crippen LogP contribution < -0.4 is 20.7 Å². The summed E-state index contributed by atoms with van der Waals surface area (Å²) < 4.78 is 34.0. The third-order valence-electron chi connectivity index (χ3n) is 8.92. The molecule has 5 atom stereocenters. The van der Waals surface area contributed by atoms with Crippen molar-refractivity contribution in [1.82, 2.24) is 20.6 Å². The summed E-state index contributed by atoms with van der Waals surface area (Å²) in [6.45, 7) is 6.82. The molecule has 13 heteroatoms. The maximum atomic E-state index is 15.1. The van der Waals surface area contributed by atoms with Crippen LogP contribution in [-0.2, 0) is 28.0 Å². The number of benzene rings is 2. The van der Waals surface area contributed by atoms with Crippen molar-refractivity contribution in [2.75, 3.05) is 5.32 Å². The van der Waals surface area contributed by atoms with Crippen LogP contribution in [0.1, 0.15) is 67.8 Å². The molecule has 2 aromatic carbocycles. The van der Waals surface area contributed by atoms with E-state index in [9.17, 15) is 19.8 Å². The quantitative estimate of drug-likeness (QED) is 0.213. The monoisotopic (exact) mass is 631 g/mol. The van der Waals surface area contributed by atoms with Crippen molar-refractivity contribution in [3.8, 4) is 17.3 Å². The van der Waals surface area contributed by atoms with Gasteiger partial charge < -0.3 is 39.7 Å². The first kappa shape index (κ1) is 29.9. The van der Waals surface area contributed by atoms with Crippen LogP contribution in [0.2, 0.25) is 0 Å². The van der Waals surface area contributed by atoms with E-state index in [1.165, 1.54) is 18.4 Å². The highest BCUT2D eigenvalue weighted by atomic mass is 19.1. The van der Waals surface area contributed by atoms with Gasteiger partial charge >= 0.3 is 0 Å². The van der Waals surface area contributed by atoms with E-state index in [1.54, 1.807) is 32.0 Å². The lowest BCUT2D eigenvalue weighted by atomic mass is 9.72. The molecule has 0 aliphatic carbocycles. The van der Waals surface area contributed by atoms with Gasteiger partial charge in [-0.25, -0.2) is 14.4 Å². The van der Waals surface area contributed by atoms with Crippen molar-refractivity contribution in [2.45, 2.75) is 70.6 Å². The average molecular weight is 632 g/mol. The van der Waals surface area contributed by atoms with Gasteiger partial charge in [0.2, 0.25) is 23.6 Å². The number of nitrogens with zero attached hydrogens (tertiary/aromatic N) is 2. The minimum absolute atomic E-state index is 0.0631. The molecule has 2 amide bonds. The first-order valence-electron chi connectivity index (χ1n) is 15.2. The smallest absolute Gasteiger partial charge is 0.249 e. The van der Waals surface area contributed by atoms with Crippen LogP contribution in [0.25, 0.3) is 11.6 Å². The highest BCUT2D eigenvalue weighted by Gasteiger charge is 2.61. The highest BCUT2D eigenvalue weighted by molar-refractivity contribution is 5.90. The Morgan fingerprint density at radius 1 is 1.13 bits per heavy atom. The Morgan fingerprint density at radius 3 is 2.65 bits per heavy atom. The highest BCUT2D eigenvalue weighted by Crippen LogP contribution is 2.59. The van der Waals surface area contributed by atoms with Gasteiger partial charge in [-0.05, 0) is 41.7 Å². The van der Waals surface area contributed by atoms with E-state index in [2.05, 4.69) is 20.9 Å². The van der Waals surface area contributed by atoms with Gasteiger partial charge in [-0.2, -0.15) is 0 Å². The molecule has 5 N–H and O–H groups in total. The Bertz CT molecular complexity index is 1850. The van der Waals surface area contributed by atoms with Gasteiger partial charge in [-0.15, -0.1) is 0 Å². The number of nitrogens with one attached hydrogen (secondary N) is 3. The van der Waals surface area contributed by atoms with Crippen LogP contribution in [0.5, 0.6) is 5.75 Å². The van der Waals surface area contributed by atoms with E-state index in [0.29, 0.717) is 28.1 Å². The molecule has 7 rings (SSSR count). The second kappa shape index (κ2) is 11.0. The Labute approximate surface area is 263 Å². The standard InChI is InChI=1S/C33H34FN5O7/c1-14(2)24-31-39-25(30-35-18(12-40)13-44-30)27(46-31)33-19-11-17(34)6-7-21(19)37-32(33)45-23-8-5-16(9-20(23)33)10-22(28(42)38-24)36-29(43)26(41)15(3)4/h5-9,11,13-15,22,24,26,32,37,40-41H,10,12H2,1-4H3,(H,36,43)(H,38,42)/t22-,24-,26-,32+,33?/m0/s1. The number of aliphatic hydroxyl groups is 2. The summed E-state index contributed by atoms with van der Waals surface area (Å²) in [5.41, 5.74) is 1.66. The number of carbonyl (C=O) groups is 2. The summed E-state index contributed by atoms with van der Waals surface area (Å²) in [6.07, 6.45) is -0.698. The van der Waals surface area contributed by atoms with Crippen LogP contribution in [0, 0.1) is 17.7 Å². The van der Waals surface area contributed by atoms with E-state index < -0.39 is 47.5 Å². The molecule has 4 bridgehead atoms. The largest absolute Gasteiger partial charge is 0.469 e. The summed E-state index contributed by atoms with van der Waals surface area (Å²) in [4.78, 5) is 36.2. The van der Waals surface area contributed by atoms with Gasteiger partial charge in [0.15, 0.2) is 17.7 Å². The second-order valence-electron chi connectivity index (χ2n) is 12.7. The molecule has 4 aromatic rings. The summed E-state index contributed by atoms with van der Waals surface area (Å²) in [5, 5.41) is 29.3. The van der Waals surface area contributed by atoms with Crippen molar-refractivity contribution in [3.05, 3.63) is 82.5 Å². The lowest BCUT2D eigenvalue weighted by Crippen LogP contribution is -2.52. The fourth-order valence-corrected chi connectivity index (χ4v) is 6.51. The van der Waals surface area contributed by atoms with Gasteiger partial charge in [0, 0.05) is 23.2 Å². The molecule has 5 heterocycles. The van der Waals surface area contributed by atoms with Crippen molar-refractivity contribution >= 4 is 17.5 Å². The Hall–Kier alpha value is -4.75. The Balaban J connectivity index is 1.49. The molecule has 46 heavy (non-hydrogen) atoms. The second-order valence-corrected chi connectivity index (χ2v) is 12.7. The third kappa shape index (κ3) is 4.56. The molecular formula is C33H34FN5O7.